The largest absolute Gasteiger partial charge is 0.494 e. The molecule has 3 aromatic rings. The summed E-state index contributed by atoms with van der Waals surface area (Å²) in [4.78, 5) is 8.59. The lowest BCUT2D eigenvalue weighted by Crippen LogP contribution is -1.96. The first-order valence-electron chi connectivity index (χ1n) is 6.59. The van der Waals surface area contributed by atoms with Crippen LogP contribution < -0.4 is 14.8 Å². The van der Waals surface area contributed by atoms with Gasteiger partial charge in [-0.25, -0.2) is 9.97 Å². The third kappa shape index (κ3) is 3.15. The van der Waals surface area contributed by atoms with Crippen LogP contribution in [0.3, 0.4) is 0 Å². The van der Waals surface area contributed by atoms with Crippen molar-refractivity contribution in [3.63, 3.8) is 0 Å². The number of ether oxygens (including phenoxy) is 2. The van der Waals surface area contributed by atoms with E-state index in [4.69, 9.17) is 9.47 Å². The molecule has 0 aliphatic rings. The molecule has 0 saturated heterocycles. The number of nitrogens with one attached hydrogen (secondary N) is 1. The Bertz CT molecular complexity index is 807. The van der Waals surface area contributed by atoms with Crippen molar-refractivity contribution in [2.24, 2.45) is 0 Å². The highest BCUT2D eigenvalue weighted by Gasteiger charge is 2.11. The number of hydrogen-bond acceptors (Lipinski definition) is 6. The van der Waals surface area contributed by atoms with Gasteiger partial charge < -0.3 is 14.8 Å². The first-order chi connectivity index (χ1) is 10.7. The van der Waals surface area contributed by atoms with Crippen LogP contribution in [-0.2, 0) is 6.61 Å². The normalized spacial score (nSPS) is 10.7. The molecule has 7 heteroatoms. The Morgan fingerprint density at radius 2 is 2.18 bits per heavy atom. The van der Waals surface area contributed by atoms with E-state index in [1.54, 1.807) is 24.6 Å². The molecule has 0 fully saturated rings. The van der Waals surface area contributed by atoms with Crippen molar-refractivity contribution in [1.29, 1.82) is 0 Å². The van der Waals surface area contributed by atoms with Crippen LogP contribution in [0.25, 0.3) is 10.2 Å². The summed E-state index contributed by atoms with van der Waals surface area (Å²) in [5, 5.41) is 3.90. The lowest BCUT2D eigenvalue weighted by Gasteiger charge is -2.08. The molecule has 0 aliphatic heterocycles. The van der Waals surface area contributed by atoms with Gasteiger partial charge in [-0.3, -0.25) is 0 Å². The van der Waals surface area contributed by atoms with Gasteiger partial charge in [0.1, 0.15) is 28.2 Å². The first-order valence-corrected chi connectivity index (χ1v) is 8.20. The van der Waals surface area contributed by atoms with E-state index in [0.29, 0.717) is 12.4 Å². The maximum absolute atomic E-state index is 5.87. The molecule has 2 aromatic heterocycles. The fraction of sp³-hybridized carbons (Fsp3) is 0.200. The first kappa shape index (κ1) is 15.1. The average Bonchev–Trinajstić information content (AvgIpc) is 2.95. The second-order valence-corrected chi connectivity index (χ2v) is 6.36. The molecule has 22 heavy (non-hydrogen) atoms. The number of benzene rings is 1. The van der Waals surface area contributed by atoms with Crippen molar-refractivity contribution in [2.75, 3.05) is 19.5 Å². The minimum atomic E-state index is 0.466. The van der Waals surface area contributed by atoms with E-state index in [1.165, 1.54) is 0 Å². The van der Waals surface area contributed by atoms with Crippen molar-refractivity contribution in [3.8, 4) is 11.5 Å². The lowest BCUT2D eigenvalue weighted by atomic mass is 10.2. The van der Waals surface area contributed by atoms with E-state index >= 15 is 0 Å². The van der Waals surface area contributed by atoms with Crippen LogP contribution in [-0.4, -0.2) is 24.1 Å². The maximum Gasteiger partial charge on any atom is 0.183 e. The number of halogens is 1. The Kier molecular flexibility index (Phi) is 4.44. The summed E-state index contributed by atoms with van der Waals surface area (Å²) in [7, 11) is 3.49. The van der Waals surface area contributed by atoms with Gasteiger partial charge in [0.15, 0.2) is 5.13 Å². The average molecular weight is 380 g/mol. The molecule has 0 aliphatic carbocycles. The smallest absolute Gasteiger partial charge is 0.183 e. The quantitative estimate of drug-likeness (QED) is 0.676. The van der Waals surface area contributed by atoms with Gasteiger partial charge in [-0.1, -0.05) is 11.3 Å². The Balaban J connectivity index is 1.87. The van der Waals surface area contributed by atoms with Crippen molar-refractivity contribution >= 4 is 42.6 Å². The predicted molar refractivity (Wildman–Crippen MR) is 92.0 cm³/mol. The van der Waals surface area contributed by atoms with Crippen molar-refractivity contribution in [3.05, 3.63) is 40.6 Å². The minimum absolute atomic E-state index is 0.466. The summed E-state index contributed by atoms with van der Waals surface area (Å²) in [6.45, 7) is 0.466. The molecular formula is C15H14BrN3O2S. The summed E-state index contributed by atoms with van der Waals surface area (Å²) in [6, 6.07) is 7.69. The van der Waals surface area contributed by atoms with Crippen LogP contribution in [0.15, 0.2) is 35.1 Å². The van der Waals surface area contributed by atoms with Gasteiger partial charge >= 0.3 is 0 Å². The molecule has 0 radical (unpaired) electrons. The van der Waals surface area contributed by atoms with Gasteiger partial charge in [0, 0.05) is 19.3 Å². The van der Waals surface area contributed by atoms with Crippen LogP contribution in [0.1, 0.15) is 5.56 Å². The number of thiazole rings is 1. The van der Waals surface area contributed by atoms with Crippen LogP contribution >= 0.6 is 27.3 Å². The Morgan fingerprint density at radius 1 is 1.32 bits per heavy atom. The van der Waals surface area contributed by atoms with Gasteiger partial charge in [-0.2, -0.15) is 0 Å². The third-order valence-corrected chi connectivity index (χ3v) is 4.52. The molecular weight excluding hydrogens is 366 g/mol. The van der Waals surface area contributed by atoms with Crippen LogP contribution in [0.5, 0.6) is 11.5 Å². The van der Waals surface area contributed by atoms with E-state index in [9.17, 15) is 0 Å². The monoisotopic (exact) mass is 379 g/mol. The summed E-state index contributed by atoms with van der Waals surface area (Å²) >= 11 is 4.92. The summed E-state index contributed by atoms with van der Waals surface area (Å²) in [6.07, 6.45) is 1.74. The second-order valence-electron chi connectivity index (χ2n) is 4.52. The number of nitrogens with zero attached hydrogens (tertiary/aromatic N) is 2. The Hall–Kier alpha value is -1.86. The highest BCUT2D eigenvalue weighted by Crippen LogP contribution is 2.36. The van der Waals surface area contributed by atoms with E-state index in [0.717, 1.165) is 31.3 Å². The molecule has 0 atom stereocenters. The summed E-state index contributed by atoms with van der Waals surface area (Å²) in [5.41, 5.74) is 1.89. The van der Waals surface area contributed by atoms with Gasteiger partial charge in [-0.05, 0) is 39.7 Å². The molecule has 0 bridgehead atoms. The summed E-state index contributed by atoms with van der Waals surface area (Å²) in [5.74, 6) is 1.46. The van der Waals surface area contributed by atoms with Crippen LogP contribution in [0.2, 0.25) is 0 Å². The standard InChI is InChI=1S/C15H14BrN3O2S/c1-17-15-19-14-11(20-2)6-10(7-12(14)22-15)21-8-9-3-4-18-13(16)5-9/h3-7H,8H2,1-2H3,(H,17,19). The number of fused-ring (bicyclic) bond motifs is 1. The molecule has 0 amide bonds. The lowest BCUT2D eigenvalue weighted by molar-refractivity contribution is 0.304. The molecule has 2 heterocycles. The number of hydrogen-bond donors (Lipinski definition) is 1. The van der Waals surface area contributed by atoms with E-state index in [-0.39, 0.29) is 0 Å². The van der Waals surface area contributed by atoms with E-state index in [2.05, 4.69) is 31.2 Å². The molecule has 3 rings (SSSR count). The van der Waals surface area contributed by atoms with E-state index in [1.807, 2.05) is 31.3 Å². The van der Waals surface area contributed by atoms with Crippen LogP contribution in [0.4, 0.5) is 5.13 Å². The maximum atomic E-state index is 5.87. The minimum Gasteiger partial charge on any atom is -0.494 e. The third-order valence-electron chi connectivity index (χ3n) is 3.06. The second kappa shape index (κ2) is 6.50. The molecule has 114 valence electrons. The highest BCUT2D eigenvalue weighted by molar-refractivity contribution is 9.10. The predicted octanol–water partition coefficient (Wildman–Crippen LogP) is 4.08. The number of aromatic nitrogens is 2. The number of methoxy groups -OCH3 is 1. The molecule has 0 unspecified atom stereocenters. The molecule has 1 aromatic carbocycles. The van der Waals surface area contributed by atoms with Crippen molar-refractivity contribution in [1.82, 2.24) is 9.97 Å². The van der Waals surface area contributed by atoms with Crippen molar-refractivity contribution in [2.45, 2.75) is 6.61 Å². The number of anilines is 1. The zero-order valence-electron chi connectivity index (χ0n) is 12.1. The molecule has 5 nitrogen and oxygen atoms in total. The Labute approximate surface area is 140 Å². The zero-order chi connectivity index (χ0) is 15.5. The van der Waals surface area contributed by atoms with Gasteiger partial charge in [0.2, 0.25) is 0 Å². The fourth-order valence-corrected chi connectivity index (χ4v) is 3.30. The number of rotatable bonds is 5. The van der Waals surface area contributed by atoms with Gasteiger partial charge in [0.05, 0.1) is 11.8 Å². The van der Waals surface area contributed by atoms with E-state index < -0.39 is 0 Å². The molecule has 0 saturated carbocycles. The topological polar surface area (TPSA) is 56.3 Å². The molecule has 0 spiro atoms. The Morgan fingerprint density at radius 3 is 2.91 bits per heavy atom. The van der Waals surface area contributed by atoms with Gasteiger partial charge in [0.25, 0.3) is 0 Å². The zero-order valence-corrected chi connectivity index (χ0v) is 14.5. The SMILES string of the molecule is CNc1nc2c(OC)cc(OCc3ccnc(Br)c3)cc2s1. The number of pyridine rings is 1. The van der Waals surface area contributed by atoms with Crippen molar-refractivity contribution < 1.29 is 9.47 Å². The highest BCUT2D eigenvalue weighted by atomic mass is 79.9. The fourth-order valence-electron chi connectivity index (χ4n) is 2.02. The molecule has 1 N–H and O–H groups in total. The summed E-state index contributed by atoms with van der Waals surface area (Å²) < 4.78 is 13.1. The van der Waals surface area contributed by atoms with Crippen LogP contribution in [0, 0.1) is 0 Å². The van der Waals surface area contributed by atoms with Gasteiger partial charge in [-0.15, -0.1) is 0 Å².